The molecule has 0 saturated heterocycles. The molecule has 0 fully saturated rings. The van der Waals surface area contributed by atoms with E-state index in [1.807, 2.05) is 0 Å². The third-order valence-electron chi connectivity index (χ3n) is 4.02. The molecule has 9 heteroatoms. The zero-order valence-electron chi connectivity index (χ0n) is 15.3. The van der Waals surface area contributed by atoms with Gasteiger partial charge in [0, 0.05) is 13.1 Å². The molecular weight excluding hydrogens is 371 g/mol. The minimum Gasteiger partial charge on any atom is -0.494 e. The van der Waals surface area contributed by atoms with Gasteiger partial charge >= 0.3 is 0 Å². The molecule has 1 heterocycles. The molecule has 144 valence electrons. The predicted octanol–water partition coefficient (Wildman–Crippen LogP) is 2.35. The Bertz CT molecular complexity index is 993. The number of benzene rings is 1. The summed E-state index contributed by atoms with van der Waals surface area (Å²) in [5.74, 6) is -1.10. The lowest BCUT2D eigenvalue weighted by molar-refractivity contribution is -0.120. The molecule has 2 aromatic rings. The van der Waals surface area contributed by atoms with E-state index < -0.39 is 11.5 Å². The minimum absolute atomic E-state index is 0.00227. The van der Waals surface area contributed by atoms with Crippen LogP contribution < -0.4 is 11.0 Å². The molecule has 7 nitrogen and oxygen atoms in total. The first-order valence-electron chi connectivity index (χ1n) is 8.44. The second-order valence-electron chi connectivity index (χ2n) is 5.81. The number of aromatic nitrogens is 2. The maximum atomic E-state index is 12.9. The topological polar surface area (TPSA) is 88.6 Å². The Hall–Kier alpha value is -2.81. The number of hydrogen-bond donors (Lipinski definition) is 2. The first-order chi connectivity index (χ1) is 12.8. The highest BCUT2D eigenvalue weighted by Crippen LogP contribution is 2.15. The molecule has 0 spiro atoms. The van der Waals surface area contributed by atoms with Crippen LogP contribution in [0.15, 0.2) is 34.2 Å². The van der Waals surface area contributed by atoms with E-state index in [1.54, 1.807) is 13.8 Å². The zero-order chi connectivity index (χ0) is 20.1. The second kappa shape index (κ2) is 8.72. The fourth-order valence-electron chi connectivity index (χ4n) is 2.60. The van der Waals surface area contributed by atoms with Crippen LogP contribution in [0.5, 0.6) is 5.88 Å². The van der Waals surface area contributed by atoms with E-state index in [-0.39, 0.29) is 34.2 Å². The monoisotopic (exact) mass is 392 g/mol. The number of nitrogens with one attached hydrogen (secondary N) is 1. The largest absolute Gasteiger partial charge is 0.494 e. The van der Waals surface area contributed by atoms with E-state index in [4.69, 9.17) is 12.2 Å². The van der Waals surface area contributed by atoms with E-state index in [9.17, 15) is 19.1 Å². The van der Waals surface area contributed by atoms with E-state index >= 15 is 0 Å². The Morgan fingerprint density at radius 3 is 2.37 bits per heavy atom. The number of rotatable bonds is 6. The average Bonchev–Trinajstić information content (AvgIpc) is 2.62. The Balaban J connectivity index is 2.30. The summed E-state index contributed by atoms with van der Waals surface area (Å²) in [6, 6.07) is 5.54. The van der Waals surface area contributed by atoms with E-state index in [0.717, 1.165) is 0 Å². The van der Waals surface area contributed by atoms with Gasteiger partial charge in [0.2, 0.25) is 11.8 Å². The summed E-state index contributed by atoms with van der Waals surface area (Å²) in [7, 11) is 0. The summed E-state index contributed by atoms with van der Waals surface area (Å²) in [5, 5.41) is 14.4. The maximum Gasteiger partial charge on any atom is 0.267 e. The van der Waals surface area contributed by atoms with Crippen LogP contribution in [0, 0.1) is 10.6 Å². The first kappa shape index (κ1) is 20.5. The van der Waals surface area contributed by atoms with Crippen molar-refractivity contribution in [3.8, 4) is 5.88 Å². The summed E-state index contributed by atoms with van der Waals surface area (Å²) in [6.45, 7) is 5.80. The summed E-state index contributed by atoms with van der Waals surface area (Å²) in [5.41, 5.74) is 2.64. The van der Waals surface area contributed by atoms with Gasteiger partial charge in [0.05, 0.1) is 12.1 Å². The fraction of sp³-hybridized carbons (Fsp3) is 0.333. The van der Waals surface area contributed by atoms with E-state index in [1.165, 1.54) is 40.3 Å². The maximum absolute atomic E-state index is 12.9. The van der Waals surface area contributed by atoms with Crippen LogP contribution in [0.1, 0.15) is 31.9 Å². The molecule has 0 aliphatic rings. The van der Waals surface area contributed by atoms with Crippen molar-refractivity contribution in [2.75, 3.05) is 0 Å². The van der Waals surface area contributed by atoms with Crippen LogP contribution in [0.2, 0.25) is 0 Å². The van der Waals surface area contributed by atoms with Crippen molar-refractivity contribution in [1.29, 1.82) is 0 Å². The lowest BCUT2D eigenvalue weighted by atomic mass is 10.1. The molecule has 0 aliphatic carbocycles. The van der Waals surface area contributed by atoms with Crippen molar-refractivity contribution >= 4 is 23.8 Å². The molecule has 2 rings (SSSR count). The second-order valence-corrected chi connectivity index (χ2v) is 6.18. The molecule has 27 heavy (non-hydrogen) atoms. The number of halogens is 1. The Morgan fingerprint density at radius 1 is 1.22 bits per heavy atom. The number of amides is 1. The van der Waals surface area contributed by atoms with Crippen molar-refractivity contribution < 1.29 is 14.3 Å². The smallest absolute Gasteiger partial charge is 0.267 e. The Labute approximate surface area is 160 Å². The molecule has 0 radical (unpaired) electrons. The number of carbonyl (C=O) groups excluding carboxylic acids is 1. The third-order valence-corrected chi connectivity index (χ3v) is 4.46. The SMILES string of the molecule is CCn1c(O)c(/C(C)=N\NC(=O)Cc2ccc(F)cc2)c(=O)n(CC)c1=S. The highest BCUT2D eigenvalue weighted by molar-refractivity contribution is 7.71. The van der Waals surface area contributed by atoms with Crippen molar-refractivity contribution in [2.45, 2.75) is 40.3 Å². The lowest BCUT2D eigenvalue weighted by Gasteiger charge is -2.15. The van der Waals surface area contributed by atoms with Gasteiger partial charge in [-0.3, -0.25) is 18.7 Å². The van der Waals surface area contributed by atoms with Crippen LogP contribution in [0.4, 0.5) is 4.39 Å². The number of nitrogens with zero attached hydrogens (tertiary/aromatic N) is 3. The molecule has 1 aromatic carbocycles. The Kier molecular flexibility index (Phi) is 6.62. The molecule has 1 amide bonds. The van der Waals surface area contributed by atoms with E-state index in [0.29, 0.717) is 18.7 Å². The van der Waals surface area contributed by atoms with Gasteiger partial charge < -0.3 is 5.11 Å². The first-order valence-corrected chi connectivity index (χ1v) is 8.85. The van der Waals surface area contributed by atoms with Crippen LogP contribution in [0.25, 0.3) is 0 Å². The summed E-state index contributed by atoms with van der Waals surface area (Å²) < 4.78 is 15.9. The van der Waals surface area contributed by atoms with Crippen molar-refractivity contribution in [2.24, 2.45) is 5.10 Å². The number of hydrogen-bond acceptors (Lipinski definition) is 5. The van der Waals surface area contributed by atoms with Crippen molar-refractivity contribution in [1.82, 2.24) is 14.6 Å². The van der Waals surface area contributed by atoms with Crippen molar-refractivity contribution in [3.05, 3.63) is 56.3 Å². The van der Waals surface area contributed by atoms with Gasteiger partial charge in [-0.25, -0.2) is 9.82 Å². The highest BCUT2D eigenvalue weighted by atomic mass is 32.1. The summed E-state index contributed by atoms with van der Waals surface area (Å²) >= 11 is 5.23. The number of hydrazone groups is 1. The van der Waals surface area contributed by atoms with Gasteiger partial charge in [-0.2, -0.15) is 5.10 Å². The molecular formula is C18H21FN4O3S. The van der Waals surface area contributed by atoms with Crippen LogP contribution in [-0.4, -0.2) is 25.9 Å². The van der Waals surface area contributed by atoms with E-state index in [2.05, 4.69) is 10.5 Å². The van der Waals surface area contributed by atoms with Crippen LogP contribution in [0.3, 0.4) is 0 Å². The zero-order valence-corrected chi connectivity index (χ0v) is 16.1. The number of carbonyl (C=O) groups is 1. The predicted molar refractivity (Wildman–Crippen MR) is 103 cm³/mol. The summed E-state index contributed by atoms with van der Waals surface area (Å²) in [6.07, 6.45) is 0.00227. The molecule has 0 bridgehead atoms. The van der Waals surface area contributed by atoms with Crippen molar-refractivity contribution in [3.63, 3.8) is 0 Å². The molecule has 0 aliphatic heterocycles. The fourth-order valence-corrected chi connectivity index (χ4v) is 3.03. The van der Waals surface area contributed by atoms with Gasteiger partial charge in [0.25, 0.3) is 5.56 Å². The molecule has 0 unspecified atom stereocenters. The molecule has 0 atom stereocenters. The number of aromatic hydroxyl groups is 1. The van der Waals surface area contributed by atoms with Gasteiger partial charge in [-0.15, -0.1) is 0 Å². The quantitative estimate of drug-likeness (QED) is 0.449. The average molecular weight is 392 g/mol. The lowest BCUT2D eigenvalue weighted by Crippen LogP contribution is -2.31. The third kappa shape index (κ3) is 4.48. The molecule has 0 saturated carbocycles. The van der Waals surface area contributed by atoms with Crippen LogP contribution in [-0.2, 0) is 24.3 Å². The van der Waals surface area contributed by atoms with Gasteiger partial charge in [0.1, 0.15) is 11.4 Å². The Morgan fingerprint density at radius 2 is 1.81 bits per heavy atom. The molecule has 2 N–H and O–H groups in total. The summed E-state index contributed by atoms with van der Waals surface area (Å²) in [4.78, 5) is 24.6. The minimum atomic E-state index is -0.473. The van der Waals surface area contributed by atoms with Gasteiger partial charge in [-0.05, 0) is 50.7 Å². The standard InChI is InChI=1S/C18H21FN4O3S/c1-4-22-16(25)15(17(26)23(5-2)18(22)27)11(3)20-21-14(24)10-12-6-8-13(19)9-7-12/h6-9,25H,4-5,10H2,1-3H3,(H,21,24)/b20-11-. The normalized spacial score (nSPS) is 11.5. The highest BCUT2D eigenvalue weighted by Gasteiger charge is 2.18. The molecule has 1 aromatic heterocycles. The van der Waals surface area contributed by atoms with Gasteiger partial charge in [-0.1, -0.05) is 12.1 Å². The van der Waals surface area contributed by atoms with Gasteiger partial charge in [0.15, 0.2) is 4.77 Å². The van der Waals surface area contributed by atoms with Crippen LogP contribution >= 0.6 is 12.2 Å².